The molecule has 0 bridgehead atoms. The Balaban J connectivity index is 0.00000338. The molecular weight excluding hydrogens is 457 g/mol. The Morgan fingerprint density at radius 2 is 1.92 bits per heavy atom. The number of aliphatic imine (C=N–C) groups is 1. The van der Waals surface area contributed by atoms with E-state index in [1.165, 1.54) is 16.8 Å². The van der Waals surface area contributed by atoms with Gasteiger partial charge in [-0.05, 0) is 36.1 Å². The summed E-state index contributed by atoms with van der Waals surface area (Å²) in [5, 5.41) is 9.93. The number of aromatic nitrogens is 1. The fraction of sp³-hybridized carbons (Fsp3) is 0.474. The SMILES string of the molecule is CN=C(NCc1nc(C(C)C)cs1)NCc1ccc(N(C)C)cc1C.I. The van der Waals surface area contributed by atoms with Crippen LogP contribution in [0, 0.1) is 6.92 Å². The molecule has 0 radical (unpaired) electrons. The summed E-state index contributed by atoms with van der Waals surface area (Å²) in [6.45, 7) is 7.90. The van der Waals surface area contributed by atoms with E-state index in [1.807, 2.05) is 0 Å². The molecule has 0 amide bonds. The smallest absolute Gasteiger partial charge is 0.191 e. The van der Waals surface area contributed by atoms with Crippen LogP contribution in [-0.4, -0.2) is 32.1 Å². The van der Waals surface area contributed by atoms with Crippen molar-refractivity contribution in [2.75, 3.05) is 26.0 Å². The Hall–Kier alpha value is -1.35. The number of guanidine groups is 1. The lowest BCUT2D eigenvalue weighted by atomic mass is 10.1. The lowest BCUT2D eigenvalue weighted by Crippen LogP contribution is -2.36. The maximum atomic E-state index is 4.64. The van der Waals surface area contributed by atoms with E-state index in [2.05, 4.69) is 84.0 Å². The van der Waals surface area contributed by atoms with Gasteiger partial charge in [-0.15, -0.1) is 35.3 Å². The number of halogens is 1. The third kappa shape index (κ3) is 6.42. The van der Waals surface area contributed by atoms with Gasteiger partial charge in [-0.1, -0.05) is 19.9 Å². The normalized spacial score (nSPS) is 11.3. The first kappa shape index (κ1) is 22.7. The second kappa shape index (κ2) is 10.7. The molecule has 2 rings (SSSR count). The third-order valence-electron chi connectivity index (χ3n) is 4.08. The number of hydrogen-bond donors (Lipinski definition) is 2. The van der Waals surface area contributed by atoms with Gasteiger partial charge in [-0.25, -0.2) is 4.98 Å². The lowest BCUT2D eigenvalue weighted by Gasteiger charge is -2.16. The number of nitrogens with zero attached hydrogens (tertiary/aromatic N) is 3. The van der Waals surface area contributed by atoms with Gasteiger partial charge in [0.15, 0.2) is 5.96 Å². The number of thiazole rings is 1. The van der Waals surface area contributed by atoms with Crippen molar-refractivity contribution in [3.8, 4) is 0 Å². The highest BCUT2D eigenvalue weighted by Crippen LogP contribution is 2.18. The number of benzene rings is 1. The molecule has 7 heteroatoms. The lowest BCUT2D eigenvalue weighted by molar-refractivity contribution is 0.784. The summed E-state index contributed by atoms with van der Waals surface area (Å²) in [6.07, 6.45) is 0. The van der Waals surface area contributed by atoms with E-state index in [0.717, 1.165) is 23.2 Å². The number of nitrogens with one attached hydrogen (secondary N) is 2. The standard InChI is InChI=1S/C19H29N5S.HI/c1-13(2)17-12-25-18(23-17)11-22-19(20-4)21-10-15-7-8-16(24(5)6)9-14(15)3;/h7-9,12-13H,10-11H2,1-6H3,(H2,20,21,22);1H. The molecule has 2 N–H and O–H groups in total. The maximum absolute atomic E-state index is 4.64. The monoisotopic (exact) mass is 487 g/mol. The average Bonchev–Trinajstić information content (AvgIpc) is 3.05. The van der Waals surface area contributed by atoms with Crippen LogP contribution in [0.15, 0.2) is 28.6 Å². The first-order chi connectivity index (χ1) is 11.9. The van der Waals surface area contributed by atoms with Crippen LogP contribution in [0.4, 0.5) is 5.69 Å². The quantitative estimate of drug-likeness (QED) is 0.366. The molecule has 0 aliphatic heterocycles. The van der Waals surface area contributed by atoms with E-state index in [1.54, 1.807) is 18.4 Å². The van der Waals surface area contributed by atoms with Gasteiger partial charge in [0.25, 0.3) is 0 Å². The second-order valence-electron chi connectivity index (χ2n) is 6.61. The zero-order valence-corrected chi connectivity index (χ0v) is 19.6. The topological polar surface area (TPSA) is 52.6 Å². The summed E-state index contributed by atoms with van der Waals surface area (Å²) in [7, 11) is 5.91. The van der Waals surface area contributed by atoms with Gasteiger partial charge in [-0.2, -0.15) is 0 Å². The molecule has 26 heavy (non-hydrogen) atoms. The molecule has 1 heterocycles. The average molecular weight is 487 g/mol. The first-order valence-electron chi connectivity index (χ1n) is 8.56. The van der Waals surface area contributed by atoms with Gasteiger partial charge in [-0.3, -0.25) is 4.99 Å². The molecule has 1 aromatic heterocycles. The molecule has 0 saturated heterocycles. The molecule has 2 aromatic rings. The minimum atomic E-state index is 0. The Kier molecular flexibility index (Phi) is 9.35. The molecule has 0 atom stereocenters. The van der Waals surface area contributed by atoms with E-state index in [-0.39, 0.29) is 24.0 Å². The minimum absolute atomic E-state index is 0. The van der Waals surface area contributed by atoms with Gasteiger partial charge >= 0.3 is 0 Å². The third-order valence-corrected chi connectivity index (χ3v) is 4.95. The number of aryl methyl sites for hydroxylation is 1. The van der Waals surface area contributed by atoms with Gasteiger partial charge in [0, 0.05) is 38.8 Å². The first-order valence-corrected chi connectivity index (χ1v) is 9.44. The highest BCUT2D eigenvalue weighted by Gasteiger charge is 2.07. The summed E-state index contributed by atoms with van der Waals surface area (Å²) in [5.41, 5.74) is 4.91. The summed E-state index contributed by atoms with van der Waals surface area (Å²) < 4.78 is 0. The van der Waals surface area contributed by atoms with E-state index in [9.17, 15) is 0 Å². The molecular formula is C19H30IN5S. The Bertz CT molecular complexity index is 724. The molecule has 0 unspecified atom stereocenters. The molecule has 0 aliphatic carbocycles. The van der Waals surface area contributed by atoms with E-state index >= 15 is 0 Å². The van der Waals surface area contributed by atoms with Crippen LogP contribution < -0.4 is 15.5 Å². The Morgan fingerprint density at radius 3 is 2.46 bits per heavy atom. The van der Waals surface area contributed by atoms with Crippen LogP contribution in [0.25, 0.3) is 0 Å². The van der Waals surface area contributed by atoms with Crippen LogP contribution in [0.3, 0.4) is 0 Å². The van der Waals surface area contributed by atoms with Crippen molar-refractivity contribution < 1.29 is 0 Å². The second-order valence-corrected chi connectivity index (χ2v) is 7.55. The van der Waals surface area contributed by atoms with Crippen LogP contribution in [-0.2, 0) is 13.1 Å². The molecule has 1 aromatic carbocycles. The number of rotatable bonds is 6. The molecule has 144 valence electrons. The van der Waals surface area contributed by atoms with Crippen molar-refractivity contribution in [1.29, 1.82) is 0 Å². The fourth-order valence-electron chi connectivity index (χ4n) is 2.39. The van der Waals surface area contributed by atoms with E-state index in [4.69, 9.17) is 0 Å². The highest BCUT2D eigenvalue weighted by atomic mass is 127. The molecule has 0 aliphatic rings. The van der Waals surface area contributed by atoms with Gasteiger partial charge in [0.05, 0.1) is 12.2 Å². The van der Waals surface area contributed by atoms with Crippen LogP contribution in [0.5, 0.6) is 0 Å². The van der Waals surface area contributed by atoms with Gasteiger partial charge < -0.3 is 15.5 Å². The van der Waals surface area contributed by atoms with Crippen molar-refractivity contribution in [2.45, 2.75) is 39.8 Å². The van der Waals surface area contributed by atoms with Crippen LogP contribution >= 0.6 is 35.3 Å². The van der Waals surface area contributed by atoms with Crippen LogP contribution in [0.1, 0.15) is 41.6 Å². The van der Waals surface area contributed by atoms with Crippen molar-refractivity contribution in [3.63, 3.8) is 0 Å². The largest absolute Gasteiger partial charge is 0.378 e. The van der Waals surface area contributed by atoms with E-state index < -0.39 is 0 Å². The summed E-state index contributed by atoms with van der Waals surface area (Å²) in [4.78, 5) is 11.1. The molecule has 0 fully saturated rings. The maximum Gasteiger partial charge on any atom is 0.191 e. The van der Waals surface area contributed by atoms with Crippen molar-refractivity contribution in [2.24, 2.45) is 4.99 Å². The fourth-order valence-corrected chi connectivity index (χ4v) is 3.28. The minimum Gasteiger partial charge on any atom is -0.378 e. The summed E-state index contributed by atoms with van der Waals surface area (Å²) >= 11 is 1.69. The van der Waals surface area contributed by atoms with Crippen molar-refractivity contribution in [3.05, 3.63) is 45.4 Å². The van der Waals surface area contributed by atoms with Crippen molar-refractivity contribution in [1.82, 2.24) is 15.6 Å². The predicted octanol–water partition coefficient (Wildman–Crippen LogP) is 4.12. The van der Waals surface area contributed by atoms with Crippen molar-refractivity contribution >= 4 is 47.0 Å². The van der Waals surface area contributed by atoms with Crippen LogP contribution in [0.2, 0.25) is 0 Å². The summed E-state index contributed by atoms with van der Waals surface area (Å²) in [5.74, 6) is 1.26. The molecule has 5 nitrogen and oxygen atoms in total. The van der Waals surface area contributed by atoms with Gasteiger partial charge in [0.1, 0.15) is 5.01 Å². The Labute approximate surface area is 178 Å². The molecule has 0 spiro atoms. The number of hydrogen-bond acceptors (Lipinski definition) is 4. The predicted molar refractivity (Wildman–Crippen MR) is 124 cm³/mol. The summed E-state index contributed by atoms with van der Waals surface area (Å²) in [6, 6.07) is 6.51. The zero-order chi connectivity index (χ0) is 18.4. The zero-order valence-electron chi connectivity index (χ0n) is 16.5. The number of anilines is 1. The molecule has 0 saturated carbocycles. The van der Waals surface area contributed by atoms with E-state index in [0.29, 0.717) is 12.5 Å². The highest BCUT2D eigenvalue weighted by molar-refractivity contribution is 14.0. The van der Waals surface area contributed by atoms with Gasteiger partial charge in [0.2, 0.25) is 0 Å². The Morgan fingerprint density at radius 1 is 1.23 bits per heavy atom.